The lowest BCUT2D eigenvalue weighted by Crippen LogP contribution is -2.46. The Balaban J connectivity index is 2.11. The molecule has 2 aliphatic rings. The zero-order valence-electron chi connectivity index (χ0n) is 11.2. The highest BCUT2D eigenvalue weighted by Crippen LogP contribution is 2.28. The first-order chi connectivity index (χ1) is 9.28. The van der Waals surface area contributed by atoms with Gasteiger partial charge in [0.05, 0.1) is 11.5 Å². The van der Waals surface area contributed by atoms with Gasteiger partial charge in [-0.15, -0.1) is 0 Å². The Morgan fingerprint density at radius 2 is 1.95 bits per heavy atom. The second-order valence-electron chi connectivity index (χ2n) is 5.69. The molecule has 3 atom stereocenters. The van der Waals surface area contributed by atoms with Gasteiger partial charge in [-0.05, 0) is 25.7 Å². The van der Waals surface area contributed by atoms with Crippen LogP contribution in [0, 0.1) is 5.92 Å². The first kappa shape index (κ1) is 15.2. The first-order valence-corrected chi connectivity index (χ1v) is 8.59. The Morgan fingerprint density at radius 1 is 1.25 bits per heavy atom. The fourth-order valence-corrected chi connectivity index (χ4v) is 4.76. The normalized spacial score (nSPS) is 32.1. The minimum atomic E-state index is -3.16. The minimum absolute atomic E-state index is 0.0191. The number of carbonyl (C=O) groups excluding carboxylic acids is 1. The summed E-state index contributed by atoms with van der Waals surface area (Å²) in [6.45, 7) is -0.440. The van der Waals surface area contributed by atoms with E-state index in [-0.39, 0.29) is 29.4 Å². The van der Waals surface area contributed by atoms with Crippen molar-refractivity contribution in [1.82, 2.24) is 4.90 Å². The van der Waals surface area contributed by atoms with Crippen LogP contribution in [0.15, 0.2) is 0 Å². The summed E-state index contributed by atoms with van der Waals surface area (Å²) in [6, 6.07) is -0.539. The molecule has 1 amide bonds. The fraction of sp³-hybridized carbons (Fsp3) is 0.833. The molecule has 3 unspecified atom stereocenters. The van der Waals surface area contributed by atoms with Crippen LogP contribution in [0.5, 0.6) is 0 Å². The largest absolute Gasteiger partial charge is 0.480 e. The van der Waals surface area contributed by atoms with Crippen LogP contribution < -0.4 is 5.73 Å². The van der Waals surface area contributed by atoms with E-state index in [1.165, 1.54) is 4.90 Å². The number of carboxylic acids is 1. The fourth-order valence-electron chi connectivity index (χ4n) is 3.03. The Hall–Kier alpha value is -1.15. The lowest BCUT2D eigenvalue weighted by atomic mass is 10.0. The number of nitrogens with zero attached hydrogens (tertiary/aromatic N) is 1. The summed E-state index contributed by atoms with van der Waals surface area (Å²) >= 11 is 0. The predicted molar refractivity (Wildman–Crippen MR) is 71.7 cm³/mol. The molecule has 114 valence electrons. The number of hydrogen-bond donors (Lipinski definition) is 2. The average Bonchev–Trinajstić information content (AvgIpc) is 2.91. The third kappa shape index (κ3) is 3.49. The maximum absolute atomic E-state index is 12.4. The van der Waals surface area contributed by atoms with Crippen LogP contribution in [0.1, 0.15) is 25.7 Å². The van der Waals surface area contributed by atoms with Gasteiger partial charge in [0.25, 0.3) is 0 Å². The molecular weight excluding hydrogens is 284 g/mol. The molecule has 0 radical (unpaired) electrons. The molecule has 1 heterocycles. The molecule has 20 heavy (non-hydrogen) atoms. The van der Waals surface area contributed by atoms with Crippen molar-refractivity contribution in [2.24, 2.45) is 11.7 Å². The lowest BCUT2D eigenvalue weighted by molar-refractivity contribution is -0.147. The number of sulfone groups is 1. The van der Waals surface area contributed by atoms with E-state index in [0.29, 0.717) is 19.3 Å². The van der Waals surface area contributed by atoms with Gasteiger partial charge in [-0.2, -0.15) is 0 Å². The van der Waals surface area contributed by atoms with Crippen LogP contribution >= 0.6 is 0 Å². The number of aliphatic carboxylic acids is 1. The van der Waals surface area contributed by atoms with Crippen molar-refractivity contribution >= 4 is 21.7 Å². The molecule has 1 aliphatic heterocycles. The SMILES string of the molecule is NC1CCC(C(=O)N(CC(=O)O)C2CCS(=O)(=O)C2)C1. The summed E-state index contributed by atoms with van der Waals surface area (Å²) in [6.07, 6.45) is 2.27. The van der Waals surface area contributed by atoms with Gasteiger partial charge in [-0.25, -0.2) is 8.42 Å². The van der Waals surface area contributed by atoms with Gasteiger partial charge in [-0.3, -0.25) is 9.59 Å². The van der Waals surface area contributed by atoms with Crippen molar-refractivity contribution in [1.29, 1.82) is 0 Å². The number of carboxylic acid groups (broad SMARTS) is 1. The van der Waals surface area contributed by atoms with E-state index in [2.05, 4.69) is 0 Å². The van der Waals surface area contributed by atoms with Crippen molar-refractivity contribution < 1.29 is 23.1 Å². The van der Waals surface area contributed by atoms with Gasteiger partial charge >= 0.3 is 5.97 Å². The molecule has 3 N–H and O–H groups in total. The van der Waals surface area contributed by atoms with E-state index in [9.17, 15) is 18.0 Å². The van der Waals surface area contributed by atoms with Gasteiger partial charge in [0.15, 0.2) is 9.84 Å². The van der Waals surface area contributed by atoms with Crippen LogP contribution in [0.25, 0.3) is 0 Å². The molecule has 7 nitrogen and oxygen atoms in total. The second-order valence-corrected chi connectivity index (χ2v) is 7.92. The van der Waals surface area contributed by atoms with E-state index in [1.54, 1.807) is 0 Å². The summed E-state index contributed by atoms with van der Waals surface area (Å²) in [5, 5.41) is 8.95. The standard InChI is InChI=1S/C12H20N2O5S/c13-9-2-1-8(5-9)12(17)14(6-11(15)16)10-3-4-20(18,19)7-10/h8-10H,1-7,13H2,(H,15,16). The Bertz CT molecular complexity index is 504. The second kappa shape index (κ2) is 5.69. The summed E-state index contributed by atoms with van der Waals surface area (Å²) in [5.41, 5.74) is 5.78. The van der Waals surface area contributed by atoms with Gasteiger partial charge in [0, 0.05) is 18.0 Å². The van der Waals surface area contributed by atoms with E-state index >= 15 is 0 Å². The smallest absolute Gasteiger partial charge is 0.323 e. The summed E-state index contributed by atoms with van der Waals surface area (Å²) in [5.74, 6) is -1.77. The summed E-state index contributed by atoms with van der Waals surface area (Å²) < 4.78 is 23.0. The third-order valence-corrected chi connectivity index (χ3v) is 5.81. The molecule has 0 aromatic rings. The molecule has 2 rings (SSSR count). The van der Waals surface area contributed by atoms with Crippen molar-refractivity contribution in [3.8, 4) is 0 Å². The molecule has 1 saturated heterocycles. The minimum Gasteiger partial charge on any atom is -0.480 e. The topological polar surface area (TPSA) is 118 Å². The van der Waals surface area contributed by atoms with Crippen LogP contribution in [0.3, 0.4) is 0 Å². The monoisotopic (exact) mass is 304 g/mol. The Kier molecular flexibility index (Phi) is 4.33. The van der Waals surface area contributed by atoms with E-state index in [4.69, 9.17) is 10.8 Å². The van der Waals surface area contributed by atoms with Gasteiger partial charge in [-0.1, -0.05) is 0 Å². The zero-order chi connectivity index (χ0) is 14.9. The lowest BCUT2D eigenvalue weighted by Gasteiger charge is -2.29. The number of hydrogen-bond acceptors (Lipinski definition) is 5. The van der Waals surface area contributed by atoms with E-state index in [1.807, 2.05) is 0 Å². The van der Waals surface area contributed by atoms with Crippen molar-refractivity contribution in [3.05, 3.63) is 0 Å². The molecule has 1 saturated carbocycles. The van der Waals surface area contributed by atoms with Crippen molar-refractivity contribution in [2.75, 3.05) is 18.1 Å². The maximum atomic E-state index is 12.4. The maximum Gasteiger partial charge on any atom is 0.323 e. The number of carbonyl (C=O) groups is 2. The number of nitrogens with two attached hydrogens (primary N) is 1. The highest BCUT2D eigenvalue weighted by molar-refractivity contribution is 7.91. The van der Waals surface area contributed by atoms with Crippen molar-refractivity contribution in [3.63, 3.8) is 0 Å². The molecular formula is C12H20N2O5S. The molecule has 8 heteroatoms. The molecule has 1 aliphatic carbocycles. The quantitative estimate of drug-likeness (QED) is 0.703. The summed E-state index contributed by atoms with van der Waals surface area (Å²) in [4.78, 5) is 24.6. The third-order valence-electron chi connectivity index (χ3n) is 4.06. The number of rotatable bonds is 4. The van der Waals surface area contributed by atoms with Gasteiger partial charge < -0.3 is 15.7 Å². The Labute approximate surface area is 118 Å². The van der Waals surface area contributed by atoms with Gasteiger partial charge in [0.1, 0.15) is 6.54 Å². The molecule has 0 spiro atoms. The van der Waals surface area contributed by atoms with Crippen LogP contribution in [0.4, 0.5) is 0 Å². The molecule has 0 bridgehead atoms. The van der Waals surface area contributed by atoms with E-state index in [0.717, 1.165) is 6.42 Å². The summed E-state index contributed by atoms with van der Waals surface area (Å²) in [7, 11) is -3.16. The average molecular weight is 304 g/mol. The predicted octanol–water partition coefficient (Wildman–Crippen LogP) is -0.786. The Morgan fingerprint density at radius 3 is 2.40 bits per heavy atom. The molecule has 0 aromatic heterocycles. The molecule has 2 fully saturated rings. The first-order valence-electron chi connectivity index (χ1n) is 6.77. The van der Waals surface area contributed by atoms with Crippen LogP contribution in [0.2, 0.25) is 0 Å². The van der Waals surface area contributed by atoms with Crippen molar-refractivity contribution in [2.45, 2.75) is 37.8 Å². The molecule has 0 aromatic carbocycles. The van der Waals surface area contributed by atoms with Crippen LogP contribution in [-0.2, 0) is 19.4 Å². The highest BCUT2D eigenvalue weighted by Gasteiger charge is 2.39. The van der Waals surface area contributed by atoms with E-state index < -0.39 is 28.4 Å². The highest BCUT2D eigenvalue weighted by atomic mass is 32.2. The van der Waals surface area contributed by atoms with Gasteiger partial charge in [0.2, 0.25) is 5.91 Å². The van der Waals surface area contributed by atoms with Crippen LogP contribution in [-0.4, -0.2) is 60.4 Å². The zero-order valence-corrected chi connectivity index (χ0v) is 12.0. The number of amides is 1.